The zero-order chi connectivity index (χ0) is 25.9. The van der Waals surface area contributed by atoms with E-state index in [-0.39, 0.29) is 18.8 Å². The molecule has 0 aliphatic heterocycles. The monoisotopic (exact) mass is 473 g/mol. The van der Waals surface area contributed by atoms with Gasteiger partial charge in [-0.2, -0.15) is 0 Å². The standard InChI is InChI=1S/C21H39N5O7/c1-6-10(3)15(23)19(30)24-13(8-9-14(22)28)18(29)25-16(11(4)7-2)20(31)26-17(12(5)27)21(32)33/h10-13,15-17,27H,6-9,23H2,1-5H3,(H2,22,28)(H,24,30)(H,25,29)(H,26,31)(H,32,33). The van der Waals surface area contributed by atoms with Crippen molar-refractivity contribution in [3.8, 4) is 0 Å². The van der Waals surface area contributed by atoms with Crippen LogP contribution >= 0.6 is 0 Å². The second-order valence-electron chi connectivity index (χ2n) is 8.41. The molecule has 9 N–H and O–H groups in total. The normalized spacial score (nSPS) is 17.4. The van der Waals surface area contributed by atoms with E-state index in [0.29, 0.717) is 12.8 Å². The Bertz CT molecular complexity index is 700. The van der Waals surface area contributed by atoms with Gasteiger partial charge in [-0.25, -0.2) is 4.79 Å². The minimum Gasteiger partial charge on any atom is -0.480 e. The van der Waals surface area contributed by atoms with Crippen LogP contribution in [0, 0.1) is 11.8 Å². The fourth-order valence-corrected chi connectivity index (χ4v) is 2.92. The fraction of sp³-hybridized carbons (Fsp3) is 0.762. The lowest BCUT2D eigenvalue weighted by Gasteiger charge is -2.29. The number of nitrogens with one attached hydrogen (secondary N) is 3. The van der Waals surface area contributed by atoms with E-state index in [9.17, 15) is 34.2 Å². The lowest BCUT2D eigenvalue weighted by atomic mass is 9.96. The first-order valence-corrected chi connectivity index (χ1v) is 11.1. The summed E-state index contributed by atoms with van der Waals surface area (Å²) in [7, 11) is 0. The Morgan fingerprint density at radius 3 is 1.76 bits per heavy atom. The van der Waals surface area contributed by atoms with Crippen LogP contribution in [0.4, 0.5) is 0 Å². The van der Waals surface area contributed by atoms with Crippen molar-refractivity contribution in [3.05, 3.63) is 0 Å². The summed E-state index contributed by atoms with van der Waals surface area (Å²) in [6.07, 6.45) is -0.580. The van der Waals surface area contributed by atoms with E-state index in [1.165, 1.54) is 6.92 Å². The van der Waals surface area contributed by atoms with E-state index in [2.05, 4.69) is 16.0 Å². The number of amides is 4. The number of hydrogen-bond acceptors (Lipinski definition) is 7. The number of carbonyl (C=O) groups is 5. The third-order valence-corrected chi connectivity index (χ3v) is 5.71. The lowest BCUT2D eigenvalue weighted by molar-refractivity contribution is -0.145. The van der Waals surface area contributed by atoms with Crippen LogP contribution in [0.3, 0.4) is 0 Å². The predicted octanol–water partition coefficient (Wildman–Crippen LogP) is -1.41. The van der Waals surface area contributed by atoms with Crippen LogP contribution < -0.4 is 27.4 Å². The number of carboxylic acids is 1. The molecule has 190 valence electrons. The molecule has 7 unspecified atom stereocenters. The summed E-state index contributed by atoms with van der Waals surface area (Å²) < 4.78 is 0. The molecule has 0 fully saturated rings. The van der Waals surface area contributed by atoms with Gasteiger partial charge in [-0.1, -0.05) is 40.5 Å². The Hall–Kier alpha value is -2.73. The second kappa shape index (κ2) is 14.4. The lowest BCUT2D eigenvalue weighted by Crippen LogP contribution is -2.60. The van der Waals surface area contributed by atoms with Crippen LogP contribution in [-0.2, 0) is 24.0 Å². The highest BCUT2D eigenvalue weighted by molar-refractivity contribution is 5.94. The van der Waals surface area contributed by atoms with Crippen molar-refractivity contribution in [2.24, 2.45) is 23.3 Å². The van der Waals surface area contributed by atoms with Gasteiger partial charge in [-0.3, -0.25) is 19.2 Å². The van der Waals surface area contributed by atoms with E-state index >= 15 is 0 Å². The van der Waals surface area contributed by atoms with Gasteiger partial charge in [0.1, 0.15) is 12.1 Å². The zero-order valence-corrected chi connectivity index (χ0v) is 20.0. The van der Waals surface area contributed by atoms with Crippen LogP contribution in [0.25, 0.3) is 0 Å². The molecule has 12 heteroatoms. The SMILES string of the molecule is CCC(C)C(N)C(=O)NC(CCC(N)=O)C(=O)NC(C(=O)NC(C(=O)O)C(C)O)C(C)CC. The highest BCUT2D eigenvalue weighted by atomic mass is 16.4. The quantitative estimate of drug-likeness (QED) is 0.150. The zero-order valence-electron chi connectivity index (χ0n) is 20.0. The van der Waals surface area contributed by atoms with E-state index in [1.54, 1.807) is 20.8 Å². The molecule has 0 aliphatic rings. The topological polar surface area (TPSA) is 214 Å². The van der Waals surface area contributed by atoms with Gasteiger partial charge >= 0.3 is 5.97 Å². The summed E-state index contributed by atoms with van der Waals surface area (Å²) in [6.45, 7) is 8.32. The largest absolute Gasteiger partial charge is 0.480 e. The van der Waals surface area contributed by atoms with Crippen molar-refractivity contribution in [2.45, 2.75) is 90.6 Å². The molecule has 0 aromatic rings. The average Bonchev–Trinajstić information content (AvgIpc) is 2.75. The van der Waals surface area contributed by atoms with Gasteiger partial charge in [-0.15, -0.1) is 0 Å². The second-order valence-corrected chi connectivity index (χ2v) is 8.41. The summed E-state index contributed by atoms with van der Waals surface area (Å²) in [5, 5.41) is 26.1. The van der Waals surface area contributed by atoms with Crippen molar-refractivity contribution in [2.75, 3.05) is 0 Å². The number of rotatable bonds is 15. The molecular formula is C21H39N5O7. The van der Waals surface area contributed by atoms with Crippen LogP contribution in [0.15, 0.2) is 0 Å². The molecule has 12 nitrogen and oxygen atoms in total. The number of hydrogen-bond donors (Lipinski definition) is 7. The number of aliphatic carboxylic acids is 1. The van der Waals surface area contributed by atoms with Crippen LogP contribution in [0.2, 0.25) is 0 Å². The molecule has 0 heterocycles. The number of aliphatic hydroxyl groups is 1. The van der Waals surface area contributed by atoms with Gasteiger partial charge in [0.25, 0.3) is 0 Å². The summed E-state index contributed by atoms with van der Waals surface area (Å²) in [4.78, 5) is 60.8. The molecule has 0 radical (unpaired) electrons. The smallest absolute Gasteiger partial charge is 0.328 e. The summed E-state index contributed by atoms with van der Waals surface area (Å²) >= 11 is 0. The maximum absolute atomic E-state index is 13.0. The summed E-state index contributed by atoms with van der Waals surface area (Å²) in [6, 6.07) is -4.79. The van der Waals surface area contributed by atoms with Gasteiger partial charge < -0.3 is 37.6 Å². The fourth-order valence-electron chi connectivity index (χ4n) is 2.92. The Balaban J connectivity index is 5.65. The van der Waals surface area contributed by atoms with Crippen molar-refractivity contribution >= 4 is 29.6 Å². The molecule has 0 saturated carbocycles. The maximum atomic E-state index is 13.0. The number of primary amides is 1. The molecule has 0 rings (SSSR count). The van der Waals surface area contributed by atoms with Crippen LogP contribution in [0.5, 0.6) is 0 Å². The van der Waals surface area contributed by atoms with Gasteiger partial charge in [0.2, 0.25) is 23.6 Å². The minimum absolute atomic E-state index is 0.111. The van der Waals surface area contributed by atoms with Gasteiger partial charge in [0.15, 0.2) is 6.04 Å². The van der Waals surface area contributed by atoms with E-state index < -0.39 is 65.8 Å². The Labute approximate surface area is 194 Å². The van der Waals surface area contributed by atoms with Crippen molar-refractivity contribution in [1.82, 2.24) is 16.0 Å². The van der Waals surface area contributed by atoms with Crippen LogP contribution in [-0.4, -0.2) is 70.1 Å². The first kappa shape index (κ1) is 30.3. The molecule has 0 aromatic heterocycles. The Morgan fingerprint density at radius 1 is 0.818 bits per heavy atom. The van der Waals surface area contributed by atoms with Crippen molar-refractivity contribution < 1.29 is 34.2 Å². The Morgan fingerprint density at radius 2 is 1.33 bits per heavy atom. The molecule has 0 aliphatic carbocycles. The van der Waals surface area contributed by atoms with Gasteiger partial charge in [-0.05, 0) is 25.2 Å². The van der Waals surface area contributed by atoms with Gasteiger partial charge in [0, 0.05) is 6.42 Å². The average molecular weight is 474 g/mol. The van der Waals surface area contributed by atoms with Gasteiger partial charge in [0.05, 0.1) is 12.1 Å². The number of carboxylic acid groups (broad SMARTS) is 1. The molecule has 4 amide bonds. The van der Waals surface area contributed by atoms with Crippen LogP contribution in [0.1, 0.15) is 60.3 Å². The first-order chi connectivity index (χ1) is 15.3. The van der Waals surface area contributed by atoms with E-state index in [0.717, 1.165) is 0 Å². The molecular weight excluding hydrogens is 434 g/mol. The molecule has 7 atom stereocenters. The third-order valence-electron chi connectivity index (χ3n) is 5.71. The summed E-state index contributed by atoms with van der Waals surface area (Å²) in [5.41, 5.74) is 11.1. The maximum Gasteiger partial charge on any atom is 0.328 e. The number of nitrogens with two attached hydrogens (primary N) is 2. The highest BCUT2D eigenvalue weighted by Gasteiger charge is 2.34. The van der Waals surface area contributed by atoms with Crippen molar-refractivity contribution in [3.63, 3.8) is 0 Å². The number of carbonyl (C=O) groups excluding carboxylic acids is 4. The van der Waals surface area contributed by atoms with E-state index in [1.807, 2.05) is 6.92 Å². The highest BCUT2D eigenvalue weighted by Crippen LogP contribution is 2.11. The minimum atomic E-state index is -1.57. The Kier molecular flexibility index (Phi) is 13.2. The molecule has 0 bridgehead atoms. The molecule has 0 aromatic carbocycles. The first-order valence-electron chi connectivity index (χ1n) is 11.1. The molecule has 0 spiro atoms. The van der Waals surface area contributed by atoms with Crippen molar-refractivity contribution in [1.29, 1.82) is 0 Å². The molecule has 33 heavy (non-hydrogen) atoms. The number of aliphatic hydroxyl groups excluding tert-OH is 1. The third kappa shape index (κ3) is 10.2. The molecule has 0 saturated heterocycles. The van der Waals surface area contributed by atoms with E-state index in [4.69, 9.17) is 11.5 Å². The predicted molar refractivity (Wildman–Crippen MR) is 120 cm³/mol. The summed E-state index contributed by atoms with van der Waals surface area (Å²) in [5.74, 6) is -4.81.